The fourth-order valence-electron chi connectivity index (χ4n) is 4.45. The first kappa shape index (κ1) is 26.0. The Bertz CT molecular complexity index is 1270. The van der Waals surface area contributed by atoms with E-state index in [-0.39, 0.29) is 34.2 Å². The number of ether oxygens (including phenoxy) is 3. The fraction of sp³-hybridized carbons (Fsp3) is 0.385. The molecule has 1 aliphatic rings. The SMILES string of the molecule is C=CC(=O)NC1CCOCC1Cc1cc2cc(C(C)(F)c3c(F)c(OC)cc(OC)c3F)sc2cn1. The minimum atomic E-state index is -2.50. The van der Waals surface area contributed by atoms with Crippen LogP contribution in [0.3, 0.4) is 0 Å². The lowest BCUT2D eigenvalue weighted by molar-refractivity contribution is -0.118. The molecule has 3 aromatic rings. The number of benzene rings is 1. The monoisotopic (exact) mass is 520 g/mol. The first-order chi connectivity index (χ1) is 17.2. The summed E-state index contributed by atoms with van der Waals surface area (Å²) in [6.45, 7) is 5.63. The predicted molar refractivity (Wildman–Crippen MR) is 131 cm³/mol. The van der Waals surface area contributed by atoms with Crippen LogP contribution in [0.2, 0.25) is 0 Å². The van der Waals surface area contributed by atoms with Gasteiger partial charge in [0.2, 0.25) is 5.91 Å². The van der Waals surface area contributed by atoms with Gasteiger partial charge in [0, 0.05) is 41.4 Å². The molecule has 0 saturated carbocycles. The molecule has 0 radical (unpaired) electrons. The van der Waals surface area contributed by atoms with Crippen LogP contribution in [-0.4, -0.2) is 44.4 Å². The molecule has 192 valence electrons. The molecule has 0 bridgehead atoms. The third-order valence-corrected chi connectivity index (χ3v) is 7.71. The van der Waals surface area contributed by atoms with Crippen molar-refractivity contribution in [3.05, 3.63) is 64.8 Å². The number of pyridine rings is 1. The van der Waals surface area contributed by atoms with E-state index in [1.165, 1.54) is 20.3 Å². The maximum absolute atomic E-state index is 16.2. The van der Waals surface area contributed by atoms with Crippen LogP contribution in [0.1, 0.15) is 29.5 Å². The molecule has 0 aliphatic carbocycles. The van der Waals surface area contributed by atoms with Gasteiger partial charge >= 0.3 is 0 Å². The average molecular weight is 521 g/mol. The van der Waals surface area contributed by atoms with Crippen LogP contribution in [0.5, 0.6) is 11.5 Å². The maximum atomic E-state index is 16.2. The van der Waals surface area contributed by atoms with Gasteiger partial charge in [0.05, 0.1) is 31.1 Å². The van der Waals surface area contributed by atoms with Crippen LogP contribution in [0.15, 0.2) is 37.1 Å². The molecule has 1 N–H and O–H groups in total. The first-order valence-electron chi connectivity index (χ1n) is 11.4. The summed E-state index contributed by atoms with van der Waals surface area (Å²) in [6, 6.07) is 4.36. The third kappa shape index (κ3) is 4.92. The molecule has 1 fully saturated rings. The smallest absolute Gasteiger partial charge is 0.243 e. The Morgan fingerprint density at radius 1 is 1.28 bits per heavy atom. The lowest BCUT2D eigenvalue weighted by Gasteiger charge is -2.31. The van der Waals surface area contributed by atoms with Gasteiger partial charge in [0.25, 0.3) is 0 Å². The summed E-state index contributed by atoms with van der Waals surface area (Å²) >= 11 is 1.06. The summed E-state index contributed by atoms with van der Waals surface area (Å²) in [5.74, 6) is -3.11. The van der Waals surface area contributed by atoms with Crippen molar-refractivity contribution in [1.82, 2.24) is 10.3 Å². The van der Waals surface area contributed by atoms with Gasteiger partial charge in [0.15, 0.2) is 28.8 Å². The highest BCUT2D eigenvalue weighted by Crippen LogP contribution is 2.46. The van der Waals surface area contributed by atoms with Gasteiger partial charge in [-0.05, 0) is 43.4 Å². The Balaban J connectivity index is 1.66. The maximum Gasteiger partial charge on any atom is 0.243 e. The molecule has 6 nitrogen and oxygen atoms in total. The van der Waals surface area contributed by atoms with Crippen LogP contribution >= 0.6 is 11.3 Å². The van der Waals surface area contributed by atoms with Crippen LogP contribution in [-0.2, 0) is 21.6 Å². The molecule has 1 amide bonds. The van der Waals surface area contributed by atoms with Gasteiger partial charge in [-0.15, -0.1) is 11.3 Å². The van der Waals surface area contributed by atoms with Crippen LogP contribution in [0.25, 0.3) is 10.1 Å². The average Bonchev–Trinajstić information content (AvgIpc) is 3.30. The number of nitrogens with one attached hydrogen (secondary N) is 1. The first-order valence-corrected chi connectivity index (χ1v) is 12.2. The van der Waals surface area contributed by atoms with E-state index in [9.17, 15) is 4.79 Å². The van der Waals surface area contributed by atoms with Crippen molar-refractivity contribution >= 4 is 27.3 Å². The zero-order chi connectivity index (χ0) is 26.0. The molecule has 4 rings (SSSR count). The molecule has 1 aromatic carbocycles. The number of rotatable bonds is 8. The number of alkyl halides is 1. The fourth-order valence-corrected chi connectivity index (χ4v) is 5.51. The van der Waals surface area contributed by atoms with Crippen molar-refractivity contribution in [2.75, 3.05) is 27.4 Å². The molecule has 0 spiro atoms. The van der Waals surface area contributed by atoms with Crippen LogP contribution < -0.4 is 14.8 Å². The summed E-state index contributed by atoms with van der Waals surface area (Å²) in [5, 5.41) is 3.64. The minimum Gasteiger partial charge on any atom is -0.494 e. The van der Waals surface area contributed by atoms with Gasteiger partial charge in [-0.25, -0.2) is 13.2 Å². The predicted octanol–water partition coefficient (Wildman–Crippen LogP) is 5.07. The second-order valence-corrected chi connectivity index (χ2v) is 9.84. The van der Waals surface area contributed by atoms with E-state index in [0.717, 1.165) is 30.0 Å². The Labute approximate surface area is 211 Å². The van der Waals surface area contributed by atoms with E-state index in [1.54, 1.807) is 12.3 Å². The molecule has 36 heavy (non-hydrogen) atoms. The molecular weight excluding hydrogens is 493 g/mol. The Morgan fingerprint density at radius 2 is 1.97 bits per heavy atom. The van der Waals surface area contributed by atoms with Crippen molar-refractivity contribution in [3.8, 4) is 11.5 Å². The number of carbonyl (C=O) groups excluding carboxylic acids is 1. The summed E-state index contributed by atoms with van der Waals surface area (Å²) in [5.41, 5.74) is -2.54. The van der Waals surface area contributed by atoms with Gasteiger partial charge in [-0.2, -0.15) is 0 Å². The second kappa shape index (κ2) is 10.5. The van der Waals surface area contributed by atoms with E-state index in [4.69, 9.17) is 14.2 Å². The highest BCUT2D eigenvalue weighted by atomic mass is 32.1. The van der Waals surface area contributed by atoms with Crippen molar-refractivity contribution in [3.63, 3.8) is 0 Å². The van der Waals surface area contributed by atoms with E-state index in [1.807, 2.05) is 6.07 Å². The van der Waals surface area contributed by atoms with Crippen molar-refractivity contribution in [2.45, 2.75) is 31.5 Å². The molecule has 1 aliphatic heterocycles. The normalized spacial score (nSPS) is 19.5. The second-order valence-electron chi connectivity index (χ2n) is 8.76. The molecule has 10 heteroatoms. The Kier molecular flexibility index (Phi) is 7.56. The van der Waals surface area contributed by atoms with Gasteiger partial charge in [-0.3, -0.25) is 9.78 Å². The quantitative estimate of drug-likeness (QED) is 0.420. The number of fused-ring (bicyclic) bond motifs is 1. The van der Waals surface area contributed by atoms with Crippen molar-refractivity contribution in [1.29, 1.82) is 0 Å². The third-order valence-electron chi connectivity index (χ3n) is 6.43. The highest BCUT2D eigenvalue weighted by molar-refractivity contribution is 7.19. The van der Waals surface area contributed by atoms with Crippen LogP contribution in [0, 0.1) is 17.6 Å². The number of carbonyl (C=O) groups is 1. The standard InChI is InChI=1S/C26H27F3N2O4S/c1-5-22(32)31-17-6-7-35-13-15(17)9-16-8-14-10-21(36-20(14)12-30-16)26(2,29)23-24(27)18(33-3)11-19(34-4)25(23)28/h5,8,10-12,15,17H,1,6-7,9,13H2,2-4H3,(H,31,32). The summed E-state index contributed by atoms with van der Waals surface area (Å²) < 4.78 is 62.5. The molecule has 1 saturated heterocycles. The van der Waals surface area contributed by atoms with E-state index in [2.05, 4.69) is 16.9 Å². The summed E-state index contributed by atoms with van der Waals surface area (Å²) in [4.78, 5) is 16.4. The largest absolute Gasteiger partial charge is 0.494 e. The molecule has 3 atom stereocenters. The van der Waals surface area contributed by atoms with Crippen LogP contribution in [0.4, 0.5) is 13.2 Å². The number of hydrogen-bond acceptors (Lipinski definition) is 6. The summed E-state index contributed by atoms with van der Waals surface area (Å²) in [7, 11) is 2.43. The Hall–Kier alpha value is -3.11. The highest BCUT2D eigenvalue weighted by Gasteiger charge is 2.39. The van der Waals surface area contributed by atoms with Gasteiger partial charge in [0.1, 0.15) is 0 Å². The van der Waals surface area contributed by atoms with E-state index < -0.39 is 22.9 Å². The van der Waals surface area contributed by atoms with Gasteiger partial charge < -0.3 is 19.5 Å². The number of amides is 1. The lowest BCUT2D eigenvalue weighted by Crippen LogP contribution is -2.45. The molecular formula is C26H27F3N2O4S. The van der Waals surface area contributed by atoms with E-state index in [0.29, 0.717) is 36.1 Å². The number of halogens is 3. The minimum absolute atomic E-state index is 0.00425. The number of thiophene rings is 1. The topological polar surface area (TPSA) is 69.7 Å². The zero-order valence-electron chi connectivity index (χ0n) is 20.2. The molecule has 3 unspecified atom stereocenters. The summed E-state index contributed by atoms with van der Waals surface area (Å²) in [6.07, 6.45) is 4.07. The number of nitrogens with zero attached hydrogens (tertiary/aromatic N) is 1. The molecule has 3 heterocycles. The van der Waals surface area contributed by atoms with Gasteiger partial charge in [-0.1, -0.05) is 6.58 Å². The van der Waals surface area contributed by atoms with Crippen molar-refractivity contribution < 1.29 is 32.2 Å². The van der Waals surface area contributed by atoms with E-state index >= 15 is 13.2 Å². The number of methoxy groups -OCH3 is 2. The zero-order valence-corrected chi connectivity index (χ0v) is 21.0. The van der Waals surface area contributed by atoms with Crippen molar-refractivity contribution in [2.24, 2.45) is 5.92 Å². The molecule has 2 aromatic heterocycles. The number of aromatic nitrogens is 1. The lowest BCUT2D eigenvalue weighted by atomic mass is 9.90. The Morgan fingerprint density at radius 3 is 2.61 bits per heavy atom. The number of hydrogen-bond donors (Lipinski definition) is 1.